The van der Waals surface area contributed by atoms with Gasteiger partial charge in [-0.05, 0) is 25.1 Å². The van der Waals surface area contributed by atoms with Crippen molar-refractivity contribution in [3.63, 3.8) is 0 Å². The van der Waals surface area contributed by atoms with Crippen molar-refractivity contribution < 1.29 is 4.79 Å². The maximum Gasteiger partial charge on any atom is 0.258 e. The first-order chi connectivity index (χ1) is 8.58. The summed E-state index contributed by atoms with van der Waals surface area (Å²) in [6, 6.07) is 4.93. The fourth-order valence-corrected chi connectivity index (χ4v) is 1.70. The molecule has 1 amide bonds. The zero-order valence-corrected chi connectivity index (χ0v) is 10.4. The van der Waals surface area contributed by atoms with Crippen LogP contribution in [0.25, 0.3) is 0 Å². The summed E-state index contributed by atoms with van der Waals surface area (Å²) in [5.74, 6) is -0.316. The van der Waals surface area contributed by atoms with Crippen molar-refractivity contribution in [2.45, 2.75) is 6.92 Å². The lowest BCUT2D eigenvalue weighted by Gasteiger charge is -2.05. The van der Waals surface area contributed by atoms with Crippen LogP contribution in [-0.2, 0) is 0 Å². The molecule has 6 heteroatoms. The van der Waals surface area contributed by atoms with Crippen LogP contribution in [0.3, 0.4) is 0 Å². The summed E-state index contributed by atoms with van der Waals surface area (Å²) >= 11 is 5.02. The summed E-state index contributed by atoms with van der Waals surface area (Å²) in [7, 11) is 0. The molecular weight excluding hydrogens is 250 g/mol. The highest BCUT2D eigenvalue weighted by Gasteiger charge is 2.08. The first-order valence-corrected chi connectivity index (χ1v) is 5.67. The minimum Gasteiger partial charge on any atom is -0.352 e. The molecule has 0 radical (unpaired) electrons. The molecule has 0 aromatic carbocycles. The Kier molecular flexibility index (Phi) is 3.38. The molecule has 18 heavy (non-hydrogen) atoms. The highest BCUT2D eigenvalue weighted by Crippen LogP contribution is 2.08. The van der Waals surface area contributed by atoms with E-state index in [0.717, 1.165) is 0 Å². The molecule has 2 rings (SSSR count). The molecule has 0 saturated heterocycles. The third-order valence-corrected chi connectivity index (χ3v) is 2.75. The van der Waals surface area contributed by atoms with Gasteiger partial charge in [0.25, 0.3) is 11.5 Å². The van der Waals surface area contributed by atoms with Gasteiger partial charge in [0.15, 0.2) is 0 Å². The number of amides is 1. The molecule has 0 bridgehead atoms. The average Bonchev–Trinajstić information content (AvgIpc) is 2.34. The maximum absolute atomic E-state index is 11.9. The summed E-state index contributed by atoms with van der Waals surface area (Å²) < 4.78 is 0.371. The lowest BCUT2D eigenvalue weighted by atomic mass is 10.2. The van der Waals surface area contributed by atoms with Crippen LogP contribution in [0.15, 0.2) is 35.4 Å². The predicted octanol–water partition coefficient (Wildman–Crippen LogP) is 1.99. The van der Waals surface area contributed by atoms with Gasteiger partial charge in [-0.3, -0.25) is 9.59 Å². The number of aromatic nitrogens is 2. The number of H-pyrrole nitrogens is 2. The molecule has 2 aromatic rings. The van der Waals surface area contributed by atoms with Gasteiger partial charge in [0.2, 0.25) is 0 Å². The van der Waals surface area contributed by atoms with Crippen LogP contribution >= 0.6 is 12.2 Å². The number of carbonyl (C=O) groups is 1. The Balaban J connectivity index is 2.27. The summed E-state index contributed by atoms with van der Waals surface area (Å²) in [6.07, 6.45) is 3.10. The van der Waals surface area contributed by atoms with Gasteiger partial charge >= 0.3 is 0 Å². The number of nitrogens with one attached hydrogen (secondary N) is 3. The van der Waals surface area contributed by atoms with Gasteiger partial charge in [0.1, 0.15) is 4.64 Å². The second-order valence-electron chi connectivity index (χ2n) is 3.77. The standard InChI is InChI=1S/C12H11N3O2S/c1-7-5-8(6-14-10(7)16)15-11(17)9-3-2-4-13-12(9)18/h2-6H,1H3,(H,13,18)(H,14,16)(H,15,17). The lowest BCUT2D eigenvalue weighted by molar-refractivity contribution is 0.102. The molecule has 2 aromatic heterocycles. The molecule has 0 aliphatic carbocycles. The van der Waals surface area contributed by atoms with E-state index < -0.39 is 0 Å². The quantitative estimate of drug-likeness (QED) is 0.723. The van der Waals surface area contributed by atoms with Crippen LogP contribution in [-0.4, -0.2) is 15.9 Å². The van der Waals surface area contributed by atoms with E-state index in [1.54, 1.807) is 31.3 Å². The summed E-state index contributed by atoms with van der Waals surface area (Å²) in [5, 5.41) is 2.67. The average molecular weight is 261 g/mol. The van der Waals surface area contributed by atoms with Crippen molar-refractivity contribution >= 4 is 23.8 Å². The number of aromatic amines is 2. The highest BCUT2D eigenvalue weighted by molar-refractivity contribution is 7.71. The van der Waals surface area contributed by atoms with Crippen LogP contribution < -0.4 is 10.9 Å². The van der Waals surface area contributed by atoms with Crippen LogP contribution in [0, 0.1) is 11.6 Å². The fourth-order valence-electron chi connectivity index (χ4n) is 1.47. The lowest BCUT2D eigenvalue weighted by Crippen LogP contribution is -2.15. The Morgan fingerprint density at radius 1 is 1.39 bits per heavy atom. The third-order valence-electron chi connectivity index (χ3n) is 2.41. The number of pyridine rings is 2. The van der Waals surface area contributed by atoms with Gasteiger partial charge in [0.05, 0.1) is 11.3 Å². The third kappa shape index (κ3) is 2.54. The number of hydrogen-bond donors (Lipinski definition) is 3. The maximum atomic E-state index is 11.9. The molecule has 3 N–H and O–H groups in total. The highest BCUT2D eigenvalue weighted by atomic mass is 32.1. The minimum absolute atomic E-state index is 0.176. The normalized spacial score (nSPS) is 10.1. The van der Waals surface area contributed by atoms with Gasteiger partial charge in [-0.15, -0.1) is 0 Å². The van der Waals surface area contributed by atoms with E-state index in [1.165, 1.54) is 6.20 Å². The first kappa shape index (κ1) is 12.3. The molecule has 5 nitrogen and oxygen atoms in total. The van der Waals surface area contributed by atoms with Crippen LogP contribution in [0.5, 0.6) is 0 Å². The summed E-state index contributed by atoms with van der Waals surface area (Å²) in [6.45, 7) is 1.67. The Morgan fingerprint density at radius 2 is 2.17 bits per heavy atom. The minimum atomic E-state index is -0.316. The Hall–Kier alpha value is -2.21. The van der Waals surface area contributed by atoms with Crippen molar-refractivity contribution in [1.82, 2.24) is 9.97 Å². The van der Waals surface area contributed by atoms with Crippen molar-refractivity contribution in [3.05, 3.63) is 56.7 Å². The molecule has 2 heterocycles. The van der Waals surface area contributed by atoms with Gasteiger partial charge in [0, 0.05) is 18.0 Å². The monoisotopic (exact) mass is 261 g/mol. The molecule has 0 spiro atoms. The van der Waals surface area contributed by atoms with E-state index >= 15 is 0 Å². The van der Waals surface area contributed by atoms with E-state index in [2.05, 4.69) is 15.3 Å². The second kappa shape index (κ2) is 4.97. The largest absolute Gasteiger partial charge is 0.352 e. The zero-order valence-electron chi connectivity index (χ0n) is 9.61. The number of aryl methyl sites for hydroxylation is 1. The zero-order chi connectivity index (χ0) is 13.1. The SMILES string of the molecule is Cc1cc(NC(=O)c2ccc[nH]c2=S)c[nH]c1=O. The van der Waals surface area contributed by atoms with Crippen molar-refractivity contribution in [2.75, 3.05) is 5.32 Å². The number of rotatable bonds is 2. The first-order valence-electron chi connectivity index (χ1n) is 5.26. The van der Waals surface area contributed by atoms with Crippen LogP contribution in [0.1, 0.15) is 15.9 Å². The topological polar surface area (TPSA) is 77.8 Å². The fraction of sp³-hybridized carbons (Fsp3) is 0.0833. The number of anilines is 1. The van der Waals surface area contributed by atoms with Crippen molar-refractivity contribution in [1.29, 1.82) is 0 Å². The van der Waals surface area contributed by atoms with Crippen LogP contribution in [0.2, 0.25) is 0 Å². The van der Waals surface area contributed by atoms with E-state index in [0.29, 0.717) is 21.5 Å². The number of hydrogen-bond acceptors (Lipinski definition) is 3. The Morgan fingerprint density at radius 3 is 2.83 bits per heavy atom. The van der Waals surface area contributed by atoms with Gasteiger partial charge in [-0.25, -0.2) is 0 Å². The molecule has 0 atom stereocenters. The second-order valence-corrected chi connectivity index (χ2v) is 4.18. The van der Waals surface area contributed by atoms with Gasteiger partial charge in [-0.1, -0.05) is 12.2 Å². The van der Waals surface area contributed by atoms with Crippen molar-refractivity contribution in [3.8, 4) is 0 Å². The van der Waals surface area contributed by atoms with Crippen LogP contribution in [0.4, 0.5) is 5.69 Å². The molecule has 0 fully saturated rings. The van der Waals surface area contributed by atoms with Gasteiger partial charge < -0.3 is 15.3 Å². The summed E-state index contributed by atoms with van der Waals surface area (Å²) in [5.41, 5.74) is 1.27. The smallest absolute Gasteiger partial charge is 0.258 e. The molecule has 0 unspecified atom stereocenters. The Labute approximate surface area is 108 Å². The predicted molar refractivity (Wildman–Crippen MR) is 71.4 cm³/mol. The molecule has 0 aliphatic rings. The van der Waals surface area contributed by atoms with Gasteiger partial charge in [-0.2, -0.15) is 0 Å². The molecular formula is C12H11N3O2S. The van der Waals surface area contributed by atoms with E-state index in [4.69, 9.17) is 12.2 Å². The van der Waals surface area contributed by atoms with E-state index in [1.807, 2.05) is 0 Å². The molecule has 0 aliphatic heterocycles. The molecule has 92 valence electrons. The van der Waals surface area contributed by atoms with E-state index in [9.17, 15) is 9.59 Å². The van der Waals surface area contributed by atoms with Crippen molar-refractivity contribution in [2.24, 2.45) is 0 Å². The van der Waals surface area contributed by atoms with E-state index in [-0.39, 0.29) is 11.5 Å². The summed E-state index contributed by atoms with van der Waals surface area (Å²) in [4.78, 5) is 28.5. The number of carbonyl (C=O) groups excluding carboxylic acids is 1. The molecule has 0 saturated carbocycles. The Bertz CT molecular complexity index is 703.